The third-order valence-corrected chi connectivity index (χ3v) is 6.04. The molecule has 0 atom stereocenters. The van der Waals surface area contributed by atoms with Gasteiger partial charge in [-0.2, -0.15) is 0 Å². The molecule has 4 rings (SSSR count). The average molecular weight is 482 g/mol. The molecule has 0 spiro atoms. The number of rotatable bonds is 8. The Kier molecular flexibility index (Phi) is 6.66. The van der Waals surface area contributed by atoms with Gasteiger partial charge in [0.15, 0.2) is 11.0 Å². The van der Waals surface area contributed by atoms with Gasteiger partial charge >= 0.3 is 0 Å². The number of halogens is 1. The SMILES string of the molecule is O=[N+]([O-])c1cc(CSc2nnc(-c3ccc(Cl)cc3)n2Cc2ccccc2)cc([N+](=O)[O-])c1. The number of non-ortho nitro benzene ring substituents is 2. The van der Waals surface area contributed by atoms with Crippen LogP contribution in [0.4, 0.5) is 11.4 Å². The van der Waals surface area contributed by atoms with Crippen LogP contribution in [0.5, 0.6) is 0 Å². The molecule has 0 aliphatic heterocycles. The van der Waals surface area contributed by atoms with E-state index in [4.69, 9.17) is 11.6 Å². The van der Waals surface area contributed by atoms with E-state index in [1.54, 1.807) is 12.1 Å². The van der Waals surface area contributed by atoms with Gasteiger partial charge < -0.3 is 0 Å². The van der Waals surface area contributed by atoms with Crippen LogP contribution in [0.25, 0.3) is 11.4 Å². The molecule has 0 aliphatic rings. The van der Waals surface area contributed by atoms with E-state index in [-0.39, 0.29) is 17.1 Å². The molecule has 0 bridgehead atoms. The van der Waals surface area contributed by atoms with E-state index < -0.39 is 9.85 Å². The first-order valence-electron chi connectivity index (χ1n) is 9.69. The first kappa shape index (κ1) is 22.4. The Morgan fingerprint density at radius 1 is 0.848 bits per heavy atom. The van der Waals surface area contributed by atoms with Gasteiger partial charge in [-0.1, -0.05) is 53.7 Å². The lowest BCUT2D eigenvalue weighted by molar-refractivity contribution is -0.394. The van der Waals surface area contributed by atoms with Crippen LogP contribution < -0.4 is 0 Å². The number of aromatic nitrogens is 3. The highest BCUT2D eigenvalue weighted by Gasteiger charge is 2.19. The fourth-order valence-corrected chi connectivity index (χ4v) is 4.21. The lowest BCUT2D eigenvalue weighted by Crippen LogP contribution is -2.04. The van der Waals surface area contributed by atoms with Crippen molar-refractivity contribution in [3.8, 4) is 11.4 Å². The summed E-state index contributed by atoms with van der Waals surface area (Å²) in [6, 6.07) is 20.7. The highest BCUT2D eigenvalue weighted by molar-refractivity contribution is 7.98. The van der Waals surface area contributed by atoms with Crippen molar-refractivity contribution >= 4 is 34.7 Å². The summed E-state index contributed by atoms with van der Waals surface area (Å²) in [5.41, 5.74) is 1.67. The second-order valence-electron chi connectivity index (χ2n) is 7.05. The highest BCUT2D eigenvalue weighted by Crippen LogP contribution is 2.30. The van der Waals surface area contributed by atoms with Gasteiger partial charge in [-0.25, -0.2) is 0 Å². The maximum atomic E-state index is 11.2. The van der Waals surface area contributed by atoms with Crippen LogP contribution in [-0.4, -0.2) is 24.6 Å². The Morgan fingerprint density at radius 2 is 1.48 bits per heavy atom. The molecular formula is C22H16ClN5O4S. The molecule has 33 heavy (non-hydrogen) atoms. The second-order valence-corrected chi connectivity index (χ2v) is 8.42. The minimum Gasteiger partial charge on any atom is -0.298 e. The molecule has 0 aliphatic carbocycles. The lowest BCUT2D eigenvalue weighted by atomic mass is 10.2. The zero-order valence-corrected chi connectivity index (χ0v) is 18.6. The number of thioether (sulfide) groups is 1. The minimum absolute atomic E-state index is 0.246. The number of hydrogen-bond acceptors (Lipinski definition) is 7. The highest BCUT2D eigenvalue weighted by atomic mass is 35.5. The Bertz CT molecular complexity index is 1280. The summed E-state index contributed by atoms with van der Waals surface area (Å²) in [5.74, 6) is 0.888. The first-order valence-corrected chi connectivity index (χ1v) is 11.1. The zero-order valence-electron chi connectivity index (χ0n) is 17.0. The van der Waals surface area contributed by atoms with E-state index in [2.05, 4.69) is 10.2 Å². The van der Waals surface area contributed by atoms with E-state index >= 15 is 0 Å². The summed E-state index contributed by atoms with van der Waals surface area (Å²) in [6.45, 7) is 0.503. The molecule has 0 unspecified atom stereocenters. The van der Waals surface area contributed by atoms with E-state index in [9.17, 15) is 20.2 Å². The largest absolute Gasteiger partial charge is 0.298 e. The first-order chi connectivity index (χ1) is 15.9. The molecule has 0 saturated carbocycles. The van der Waals surface area contributed by atoms with Crippen molar-refractivity contribution in [1.29, 1.82) is 0 Å². The molecule has 4 aromatic rings. The number of nitro benzene ring substituents is 2. The standard InChI is InChI=1S/C22H16ClN5O4S/c23-18-8-6-17(7-9-18)21-24-25-22(26(21)13-15-4-2-1-3-5-15)33-14-16-10-19(27(29)30)12-20(11-16)28(31)32/h1-12H,13-14H2. The maximum absolute atomic E-state index is 11.2. The van der Waals surface area contributed by atoms with Crippen molar-refractivity contribution in [2.24, 2.45) is 0 Å². The normalized spacial score (nSPS) is 10.8. The lowest BCUT2D eigenvalue weighted by Gasteiger charge is -2.11. The molecule has 0 amide bonds. The van der Waals surface area contributed by atoms with Gasteiger partial charge in [0.25, 0.3) is 11.4 Å². The van der Waals surface area contributed by atoms with Crippen molar-refractivity contribution < 1.29 is 9.85 Å². The van der Waals surface area contributed by atoms with Crippen LogP contribution in [0, 0.1) is 20.2 Å². The van der Waals surface area contributed by atoms with Crippen molar-refractivity contribution in [3.63, 3.8) is 0 Å². The maximum Gasteiger partial charge on any atom is 0.276 e. The Hall–Kier alpha value is -3.76. The van der Waals surface area contributed by atoms with Gasteiger partial charge in [0, 0.05) is 28.5 Å². The van der Waals surface area contributed by atoms with Crippen LogP contribution in [0.2, 0.25) is 5.02 Å². The van der Waals surface area contributed by atoms with Gasteiger partial charge in [-0.3, -0.25) is 24.8 Å². The number of nitrogens with zero attached hydrogens (tertiary/aromatic N) is 5. The molecule has 1 heterocycles. The molecule has 1 aromatic heterocycles. The summed E-state index contributed by atoms with van der Waals surface area (Å²) in [7, 11) is 0. The quantitative estimate of drug-likeness (QED) is 0.178. The molecule has 0 fully saturated rings. The van der Waals surface area contributed by atoms with Crippen molar-refractivity contribution in [1.82, 2.24) is 14.8 Å². The number of hydrogen-bond donors (Lipinski definition) is 0. The monoisotopic (exact) mass is 481 g/mol. The summed E-state index contributed by atoms with van der Waals surface area (Å²) in [4.78, 5) is 21.1. The molecule has 3 aromatic carbocycles. The second kappa shape index (κ2) is 9.80. The number of benzene rings is 3. The summed E-state index contributed by atoms with van der Waals surface area (Å²) in [5, 5.41) is 32.2. The van der Waals surface area contributed by atoms with Crippen LogP contribution in [0.15, 0.2) is 78.0 Å². The van der Waals surface area contributed by atoms with Crippen LogP contribution in [-0.2, 0) is 12.3 Å². The van der Waals surface area contributed by atoms with Gasteiger partial charge in [0.05, 0.1) is 22.5 Å². The fraction of sp³-hybridized carbons (Fsp3) is 0.0909. The topological polar surface area (TPSA) is 117 Å². The van der Waals surface area contributed by atoms with E-state index in [1.165, 1.54) is 23.9 Å². The third-order valence-electron chi connectivity index (χ3n) is 4.75. The number of nitro groups is 2. The molecule has 11 heteroatoms. The summed E-state index contributed by atoms with van der Waals surface area (Å²) in [6.07, 6.45) is 0. The molecule has 0 N–H and O–H groups in total. The zero-order chi connectivity index (χ0) is 23.4. The molecule has 166 valence electrons. The van der Waals surface area contributed by atoms with Crippen LogP contribution in [0.1, 0.15) is 11.1 Å². The predicted molar refractivity (Wildman–Crippen MR) is 125 cm³/mol. The van der Waals surface area contributed by atoms with Crippen LogP contribution in [0.3, 0.4) is 0 Å². The average Bonchev–Trinajstić information content (AvgIpc) is 3.21. The van der Waals surface area contributed by atoms with Gasteiger partial charge in [0.1, 0.15) is 0 Å². The molecule has 0 saturated heterocycles. The minimum atomic E-state index is -0.641. The van der Waals surface area contributed by atoms with Crippen molar-refractivity contribution in [2.75, 3.05) is 0 Å². The predicted octanol–water partition coefficient (Wildman–Crippen LogP) is 5.76. The van der Waals surface area contributed by atoms with Gasteiger partial charge in [0.2, 0.25) is 0 Å². The molecular weight excluding hydrogens is 466 g/mol. The van der Waals surface area contributed by atoms with E-state index in [0.29, 0.717) is 28.1 Å². The Morgan fingerprint density at radius 3 is 2.09 bits per heavy atom. The van der Waals surface area contributed by atoms with E-state index in [0.717, 1.165) is 17.2 Å². The Balaban J connectivity index is 1.67. The molecule has 9 nitrogen and oxygen atoms in total. The van der Waals surface area contributed by atoms with Crippen molar-refractivity contribution in [3.05, 3.63) is 109 Å². The van der Waals surface area contributed by atoms with Crippen molar-refractivity contribution in [2.45, 2.75) is 17.5 Å². The van der Waals surface area contributed by atoms with Gasteiger partial charge in [-0.15, -0.1) is 10.2 Å². The third kappa shape index (κ3) is 5.36. The smallest absolute Gasteiger partial charge is 0.276 e. The summed E-state index contributed by atoms with van der Waals surface area (Å²) < 4.78 is 1.94. The van der Waals surface area contributed by atoms with Crippen LogP contribution >= 0.6 is 23.4 Å². The van der Waals surface area contributed by atoms with Gasteiger partial charge in [-0.05, 0) is 35.4 Å². The fourth-order valence-electron chi connectivity index (χ4n) is 3.21. The Labute approximate surface area is 197 Å². The molecule has 0 radical (unpaired) electrons. The van der Waals surface area contributed by atoms with E-state index in [1.807, 2.05) is 47.0 Å². The summed E-state index contributed by atoms with van der Waals surface area (Å²) >= 11 is 7.32.